The number of amides is 1. The molecule has 136 valence electrons. The highest BCUT2D eigenvalue weighted by Crippen LogP contribution is 2.36. The summed E-state index contributed by atoms with van der Waals surface area (Å²) in [7, 11) is 0. The lowest BCUT2D eigenvalue weighted by Crippen LogP contribution is -2.41. The number of benzene rings is 3. The molecule has 1 amide bonds. The van der Waals surface area contributed by atoms with Crippen LogP contribution in [0.1, 0.15) is 38.7 Å². The van der Waals surface area contributed by atoms with Gasteiger partial charge in [-0.25, -0.2) is 8.78 Å². The van der Waals surface area contributed by atoms with Crippen molar-refractivity contribution in [3.63, 3.8) is 0 Å². The molecule has 1 aliphatic rings. The molecule has 0 bridgehead atoms. The van der Waals surface area contributed by atoms with Crippen LogP contribution in [0.5, 0.6) is 0 Å². The molecule has 0 fully saturated rings. The number of carbonyl (C=O) groups excluding carboxylic acids is 1. The third-order valence-electron chi connectivity index (χ3n) is 5.11. The van der Waals surface area contributed by atoms with E-state index in [2.05, 4.69) is 0 Å². The standard InChI is InChI=1S/C23H19F2NO/c1-15-9-11-17(12-10-15)22-18-6-3-2-5-16(18)13-14-26(22)23(27)21-19(24)7-4-8-20(21)25/h2-12,22H,13-14H2,1H3/t22-/m1/s1. The maximum atomic E-state index is 14.2. The highest BCUT2D eigenvalue weighted by molar-refractivity contribution is 5.95. The van der Waals surface area contributed by atoms with Crippen molar-refractivity contribution in [2.24, 2.45) is 0 Å². The number of halogens is 2. The Labute approximate surface area is 157 Å². The fourth-order valence-corrected chi connectivity index (χ4v) is 3.74. The van der Waals surface area contributed by atoms with E-state index in [0.29, 0.717) is 13.0 Å². The molecular formula is C23H19F2NO. The summed E-state index contributed by atoms with van der Waals surface area (Å²) in [5, 5.41) is 0. The number of rotatable bonds is 2. The molecule has 0 saturated carbocycles. The number of hydrogen-bond acceptors (Lipinski definition) is 1. The molecule has 3 aromatic rings. The van der Waals surface area contributed by atoms with E-state index in [-0.39, 0.29) is 6.04 Å². The molecule has 4 heteroatoms. The lowest BCUT2D eigenvalue weighted by atomic mass is 9.87. The van der Waals surface area contributed by atoms with Crippen LogP contribution in [0.2, 0.25) is 0 Å². The van der Waals surface area contributed by atoms with E-state index < -0.39 is 23.1 Å². The fourth-order valence-electron chi connectivity index (χ4n) is 3.74. The van der Waals surface area contributed by atoms with Gasteiger partial charge in [-0.3, -0.25) is 4.79 Å². The van der Waals surface area contributed by atoms with E-state index in [1.165, 1.54) is 6.07 Å². The van der Waals surface area contributed by atoms with Crippen molar-refractivity contribution in [1.29, 1.82) is 0 Å². The summed E-state index contributed by atoms with van der Waals surface area (Å²) >= 11 is 0. The molecule has 3 aromatic carbocycles. The Kier molecular flexibility index (Phi) is 4.48. The van der Waals surface area contributed by atoms with Gasteiger partial charge in [-0.15, -0.1) is 0 Å². The summed E-state index contributed by atoms with van der Waals surface area (Å²) in [4.78, 5) is 14.7. The van der Waals surface area contributed by atoms with Gasteiger partial charge in [0.25, 0.3) is 5.91 Å². The lowest BCUT2D eigenvalue weighted by molar-refractivity contribution is 0.0684. The minimum Gasteiger partial charge on any atom is -0.327 e. The van der Waals surface area contributed by atoms with Gasteiger partial charge in [0.1, 0.15) is 17.2 Å². The number of nitrogens with zero attached hydrogens (tertiary/aromatic N) is 1. The Balaban J connectivity index is 1.84. The second-order valence-corrected chi connectivity index (χ2v) is 6.86. The third kappa shape index (κ3) is 3.12. The molecule has 0 radical (unpaired) electrons. The van der Waals surface area contributed by atoms with E-state index in [0.717, 1.165) is 34.4 Å². The zero-order valence-corrected chi connectivity index (χ0v) is 15.0. The van der Waals surface area contributed by atoms with E-state index >= 15 is 0 Å². The van der Waals surface area contributed by atoms with Gasteiger partial charge in [0.05, 0.1) is 6.04 Å². The monoisotopic (exact) mass is 363 g/mol. The molecule has 0 saturated heterocycles. The van der Waals surface area contributed by atoms with Crippen LogP contribution in [0.3, 0.4) is 0 Å². The van der Waals surface area contributed by atoms with Crippen LogP contribution in [0.4, 0.5) is 8.78 Å². The third-order valence-corrected chi connectivity index (χ3v) is 5.11. The fraction of sp³-hybridized carbons (Fsp3) is 0.174. The maximum absolute atomic E-state index is 14.2. The van der Waals surface area contributed by atoms with E-state index in [9.17, 15) is 13.6 Å². The molecule has 4 rings (SSSR count). The van der Waals surface area contributed by atoms with Gasteiger partial charge in [-0.2, -0.15) is 0 Å². The first kappa shape index (κ1) is 17.4. The molecular weight excluding hydrogens is 344 g/mol. The van der Waals surface area contributed by atoms with Crippen molar-refractivity contribution in [1.82, 2.24) is 4.90 Å². The summed E-state index contributed by atoms with van der Waals surface area (Å²) in [5.74, 6) is -2.28. The Morgan fingerprint density at radius 1 is 0.926 bits per heavy atom. The van der Waals surface area contributed by atoms with Crippen LogP contribution in [-0.4, -0.2) is 17.4 Å². The van der Waals surface area contributed by atoms with Gasteiger partial charge in [-0.1, -0.05) is 60.2 Å². The summed E-state index contributed by atoms with van der Waals surface area (Å²) < 4.78 is 28.5. The first-order valence-electron chi connectivity index (χ1n) is 8.95. The Hall–Kier alpha value is -3.01. The maximum Gasteiger partial charge on any atom is 0.260 e. The van der Waals surface area contributed by atoms with Crippen molar-refractivity contribution in [3.8, 4) is 0 Å². The van der Waals surface area contributed by atoms with Crippen LogP contribution in [0, 0.1) is 18.6 Å². The predicted octanol–water partition coefficient (Wildman–Crippen LogP) is 5.06. The molecule has 0 unspecified atom stereocenters. The van der Waals surface area contributed by atoms with Gasteiger partial charge in [0.2, 0.25) is 0 Å². The Bertz CT molecular complexity index is 977. The average molecular weight is 363 g/mol. The highest BCUT2D eigenvalue weighted by atomic mass is 19.1. The number of aryl methyl sites for hydroxylation is 1. The van der Waals surface area contributed by atoms with E-state index in [4.69, 9.17) is 0 Å². The van der Waals surface area contributed by atoms with Crippen molar-refractivity contribution in [2.75, 3.05) is 6.54 Å². The summed E-state index contributed by atoms with van der Waals surface area (Å²) in [6, 6.07) is 19.0. The quantitative estimate of drug-likeness (QED) is 0.623. The highest BCUT2D eigenvalue weighted by Gasteiger charge is 2.34. The topological polar surface area (TPSA) is 20.3 Å². The smallest absolute Gasteiger partial charge is 0.260 e. The molecule has 1 atom stereocenters. The molecule has 27 heavy (non-hydrogen) atoms. The second-order valence-electron chi connectivity index (χ2n) is 6.86. The molecule has 2 nitrogen and oxygen atoms in total. The van der Waals surface area contributed by atoms with Gasteiger partial charge < -0.3 is 4.90 Å². The summed E-state index contributed by atoms with van der Waals surface area (Å²) in [6.07, 6.45) is 0.653. The number of fused-ring (bicyclic) bond motifs is 1. The zero-order valence-electron chi connectivity index (χ0n) is 15.0. The van der Waals surface area contributed by atoms with Gasteiger partial charge in [0.15, 0.2) is 0 Å². The van der Waals surface area contributed by atoms with Gasteiger partial charge >= 0.3 is 0 Å². The summed E-state index contributed by atoms with van der Waals surface area (Å²) in [6.45, 7) is 2.40. The van der Waals surface area contributed by atoms with Crippen molar-refractivity contribution >= 4 is 5.91 Å². The first-order chi connectivity index (χ1) is 13.1. The van der Waals surface area contributed by atoms with Crippen LogP contribution in [-0.2, 0) is 6.42 Å². The Morgan fingerprint density at radius 3 is 2.30 bits per heavy atom. The van der Waals surface area contributed by atoms with E-state index in [1.54, 1.807) is 4.90 Å². The molecule has 0 aliphatic carbocycles. The molecule has 0 aromatic heterocycles. The van der Waals surface area contributed by atoms with Crippen LogP contribution >= 0.6 is 0 Å². The lowest BCUT2D eigenvalue weighted by Gasteiger charge is -2.38. The normalized spacial score (nSPS) is 16.1. The molecule has 0 N–H and O–H groups in total. The minimum absolute atomic E-state index is 0.373. The summed E-state index contributed by atoms with van der Waals surface area (Å²) in [5.41, 5.74) is 3.70. The minimum atomic E-state index is -0.832. The second kappa shape index (κ2) is 6.95. The average Bonchev–Trinajstić information content (AvgIpc) is 2.67. The van der Waals surface area contributed by atoms with Gasteiger partial charge in [-0.05, 0) is 42.2 Å². The zero-order chi connectivity index (χ0) is 19.0. The predicted molar refractivity (Wildman–Crippen MR) is 101 cm³/mol. The Morgan fingerprint density at radius 2 is 1.59 bits per heavy atom. The largest absolute Gasteiger partial charge is 0.327 e. The first-order valence-corrected chi connectivity index (χ1v) is 8.95. The number of hydrogen-bond donors (Lipinski definition) is 0. The number of carbonyl (C=O) groups is 1. The molecule has 0 spiro atoms. The van der Waals surface area contributed by atoms with Crippen molar-refractivity contribution < 1.29 is 13.6 Å². The van der Waals surface area contributed by atoms with Crippen LogP contribution in [0.25, 0.3) is 0 Å². The molecule has 1 heterocycles. The van der Waals surface area contributed by atoms with Crippen molar-refractivity contribution in [3.05, 3.63) is 106 Å². The molecule has 1 aliphatic heterocycles. The van der Waals surface area contributed by atoms with Crippen LogP contribution in [0.15, 0.2) is 66.7 Å². The van der Waals surface area contributed by atoms with Gasteiger partial charge in [0, 0.05) is 6.54 Å². The SMILES string of the molecule is Cc1ccc([C@@H]2c3ccccc3CCN2C(=O)c2c(F)cccc2F)cc1. The van der Waals surface area contributed by atoms with Crippen molar-refractivity contribution in [2.45, 2.75) is 19.4 Å². The van der Waals surface area contributed by atoms with Crippen LogP contribution < -0.4 is 0 Å². The van der Waals surface area contributed by atoms with E-state index in [1.807, 2.05) is 55.5 Å².